The van der Waals surface area contributed by atoms with Gasteiger partial charge >= 0.3 is 0 Å². The third-order valence-corrected chi connectivity index (χ3v) is 2.75. The zero-order chi connectivity index (χ0) is 13.0. The third kappa shape index (κ3) is 2.90. The standard InChI is InChI=1S/C13H14ClN3O/c1-2-15-13(18)8-17-11-5-6-16-12-7-9(14)3-4-10(11)12/h3-7H,2,8H2,1H3,(H,15,18)(H,16,17). The first-order chi connectivity index (χ1) is 8.70. The Labute approximate surface area is 110 Å². The van der Waals surface area contributed by atoms with Crippen LogP contribution in [-0.4, -0.2) is 24.0 Å². The minimum Gasteiger partial charge on any atom is -0.376 e. The molecule has 0 radical (unpaired) electrons. The molecule has 0 aliphatic heterocycles. The first-order valence-corrected chi connectivity index (χ1v) is 6.13. The highest BCUT2D eigenvalue weighted by Gasteiger charge is 2.04. The molecule has 5 heteroatoms. The van der Waals surface area contributed by atoms with Gasteiger partial charge in [0.1, 0.15) is 0 Å². The fourth-order valence-corrected chi connectivity index (χ4v) is 1.88. The maximum atomic E-state index is 11.4. The van der Waals surface area contributed by atoms with Crippen molar-refractivity contribution in [2.75, 3.05) is 18.4 Å². The number of halogens is 1. The van der Waals surface area contributed by atoms with Crippen LogP contribution in [0.3, 0.4) is 0 Å². The lowest BCUT2D eigenvalue weighted by atomic mass is 10.2. The summed E-state index contributed by atoms with van der Waals surface area (Å²) in [5.41, 5.74) is 1.69. The molecular formula is C13H14ClN3O. The number of pyridine rings is 1. The number of carbonyl (C=O) groups excluding carboxylic acids is 1. The van der Waals surface area contributed by atoms with E-state index in [1.54, 1.807) is 12.3 Å². The van der Waals surface area contributed by atoms with Crippen molar-refractivity contribution in [3.8, 4) is 0 Å². The van der Waals surface area contributed by atoms with Crippen molar-refractivity contribution < 1.29 is 4.79 Å². The van der Waals surface area contributed by atoms with Gasteiger partial charge in [0, 0.05) is 28.8 Å². The molecule has 94 valence electrons. The topological polar surface area (TPSA) is 54.0 Å². The number of carbonyl (C=O) groups is 1. The SMILES string of the molecule is CCNC(=O)CNc1ccnc2cc(Cl)ccc12. The summed E-state index contributed by atoms with van der Waals surface area (Å²) in [6.45, 7) is 2.77. The van der Waals surface area contributed by atoms with Gasteiger partial charge in [-0.2, -0.15) is 0 Å². The highest BCUT2D eigenvalue weighted by Crippen LogP contribution is 2.23. The molecule has 1 aromatic heterocycles. The number of fused-ring (bicyclic) bond motifs is 1. The van der Waals surface area contributed by atoms with Crippen LogP contribution >= 0.6 is 11.6 Å². The van der Waals surface area contributed by atoms with Crippen molar-refractivity contribution in [1.29, 1.82) is 0 Å². The lowest BCUT2D eigenvalue weighted by Crippen LogP contribution is -2.29. The van der Waals surface area contributed by atoms with Gasteiger partial charge < -0.3 is 10.6 Å². The number of benzene rings is 1. The Bertz CT molecular complexity index is 571. The molecule has 0 aliphatic carbocycles. The molecule has 0 fully saturated rings. The van der Waals surface area contributed by atoms with Gasteiger partial charge in [0.25, 0.3) is 0 Å². The minimum absolute atomic E-state index is 0.0311. The number of aromatic nitrogens is 1. The molecule has 0 saturated heterocycles. The van der Waals surface area contributed by atoms with E-state index in [-0.39, 0.29) is 12.5 Å². The zero-order valence-electron chi connectivity index (χ0n) is 10.0. The van der Waals surface area contributed by atoms with Crippen LogP contribution in [0.15, 0.2) is 30.5 Å². The Morgan fingerprint density at radius 3 is 3.00 bits per heavy atom. The second kappa shape index (κ2) is 5.69. The average molecular weight is 264 g/mol. The summed E-state index contributed by atoms with van der Waals surface area (Å²) >= 11 is 5.92. The van der Waals surface area contributed by atoms with Gasteiger partial charge in [0.15, 0.2) is 0 Å². The predicted octanol–water partition coefficient (Wildman–Crippen LogP) is 2.44. The van der Waals surface area contributed by atoms with Gasteiger partial charge in [-0.15, -0.1) is 0 Å². The Balaban J connectivity index is 2.20. The maximum absolute atomic E-state index is 11.4. The number of nitrogens with one attached hydrogen (secondary N) is 2. The van der Waals surface area contributed by atoms with Gasteiger partial charge in [-0.1, -0.05) is 11.6 Å². The van der Waals surface area contributed by atoms with Crippen molar-refractivity contribution in [2.45, 2.75) is 6.92 Å². The number of anilines is 1. The molecule has 1 aromatic carbocycles. The van der Waals surface area contributed by atoms with Crippen molar-refractivity contribution in [3.63, 3.8) is 0 Å². The molecule has 0 unspecified atom stereocenters. The van der Waals surface area contributed by atoms with Gasteiger partial charge in [-0.3, -0.25) is 9.78 Å². The molecule has 2 rings (SSSR count). The van der Waals surface area contributed by atoms with Crippen LogP contribution in [0, 0.1) is 0 Å². The molecule has 4 nitrogen and oxygen atoms in total. The van der Waals surface area contributed by atoms with E-state index in [0.717, 1.165) is 16.6 Å². The molecule has 0 bridgehead atoms. The van der Waals surface area contributed by atoms with E-state index in [0.29, 0.717) is 11.6 Å². The van der Waals surface area contributed by atoms with E-state index >= 15 is 0 Å². The minimum atomic E-state index is -0.0311. The molecular weight excluding hydrogens is 250 g/mol. The number of hydrogen-bond donors (Lipinski definition) is 2. The summed E-state index contributed by atoms with van der Waals surface area (Å²) < 4.78 is 0. The highest BCUT2D eigenvalue weighted by molar-refractivity contribution is 6.31. The molecule has 0 aliphatic rings. The number of rotatable bonds is 4. The summed E-state index contributed by atoms with van der Waals surface area (Å²) in [6.07, 6.45) is 1.69. The van der Waals surface area contributed by atoms with E-state index < -0.39 is 0 Å². The lowest BCUT2D eigenvalue weighted by molar-refractivity contribution is -0.119. The number of amides is 1. The van der Waals surface area contributed by atoms with Gasteiger partial charge in [-0.05, 0) is 31.2 Å². The maximum Gasteiger partial charge on any atom is 0.239 e. The van der Waals surface area contributed by atoms with E-state index in [9.17, 15) is 4.79 Å². The van der Waals surface area contributed by atoms with Gasteiger partial charge in [0.05, 0.1) is 12.1 Å². The third-order valence-electron chi connectivity index (χ3n) is 2.52. The van der Waals surface area contributed by atoms with Crippen molar-refractivity contribution >= 4 is 34.1 Å². The van der Waals surface area contributed by atoms with Crippen molar-refractivity contribution in [2.24, 2.45) is 0 Å². The Kier molecular flexibility index (Phi) is 3.99. The van der Waals surface area contributed by atoms with Crippen LogP contribution in [0.25, 0.3) is 10.9 Å². The number of nitrogens with zero attached hydrogens (tertiary/aromatic N) is 1. The predicted molar refractivity (Wildman–Crippen MR) is 73.9 cm³/mol. The Morgan fingerprint density at radius 2 is 2.22 bits per heavy atom. The molecule has 0 spiro atoms. The summed E-state index contributed by atoms with van der Waals surface area (Å²) in [6, 6.07) is 7.34. The Hall–Kier alpha value is -1.81. The molecule has 2 N–H and O–H groups in total. The van der Waals surface area contributed by atoms with Crippen molar-refractivity contribution in [1.82, 2.24) is 10.3 Å². The average Bonchev–Trinajstić information content (AvgIpc) is 2.36. The quantitative estimate of drug-likeness (QED) is 0.891. The number of hydrogen-bond acceptors (Lipinski definition) is 3. The van der Waals surface area contributed by atoms with Crippen molar-refractivity contribution in [3.05, 3.63) is 35.5 Å². The first kappa shape index (κ1) is 12.6. The fourth-order valence-electron chi connectivity index (χ4n) is 1.71. The second-order valence-electron chi connectivity index (χ2n) is 3.83. The summed E-state index contributed by atoms with van der Waals surface area (Å²) in [4.78, 5) is 15.6. The van der Waals surface area contributed by atoms with E-state index in [4.69, 9.17) is 11.6 Å². The van der Waals surface area contributed by atoms with Crippen LogP contribution in [0.2, 0.25) is 5.02 Å². The zero-order valence-corrected chi connectivity index (χ0v) is 10.8. The summed E-state index contributed by atoms with van der Waals surface area (Å²) in [7, 11) is 0. The largest absolute Gasteiger partial charge is 0.376 e. The van der Waals surface area contributed by atoms with Gasteiger partial charge in [-0.25, -0.2) is 0 Å². The smallest absolute Gasteiger partial charge is 0.239 e. The molecule has 1 heterocycles. The van der Waals surface area contributed by atoms with Crippen LogP contribution < -0.4 is 10.6 Å². The molecule has 18 heavy (non-hydrogen) atoms. The van der Waals surface area contributed by atoms with Crippen LogP contribution in [0.4, 0.5) is 5.69 Å². The highest BCUT2D eigenvalue weighted by atomic mass is 35.5. The first-order valence-electron chi connectivity index (χ1n) is 5.75. The summed E-state index contributed by atoms with van der Waals surface area (Å²) in [5.74, 6) is -0.0311. The lowest BCUT2D eigenvalue weighted by Gasteiger charge is -2.09. The molecule has 2 aromatic rings. The van der Waals surface area contributed by atoms with E-state index in [1.165, 1.54) is 0 Å². The molecule has 1 amide bonds. The second-order valence-corrected chi connectivity index (χ2v) is 4.26. The monoisotopic (exact) mass is 263 g/mol. The fraction of sp³-hybridized carbons (Fsp3) is 0.231. The number of likely N-dealkylation sites (N-methyl/N-ethyl adjacent to an activating group) is 1. The van der Waals surface area contributed by atoms with Crippen LogP contribution in [-0.2, 0) is 4.79 Å². The molecule has 0 atom stereocenters. The van der Waals surface area contributed by atoms with E-state index in [1.807, 2.05) is 25.1 Å². The van der Waals surface area contributed by atoms with Gasteiger partial charge in [0.2, 0.25) is 5.91 Å². The van der Waals surface area contributed by atoms with E-state index in [2.05, 4.69) is 15.6 Å². The normalized spacial score (nSPS) is 10.3. The molecule has 0 saturated carbocycles. The van der Waals surface area contributed by atoms with Crippen LogP contribution in [0.1, 0.15) is 6.92 Å². The Morgan fingerprint density at radius 1 is 1.39 bits per heavy atom. The van der Waals surface area contributed by atoms with Crippen LogP contribution in [0.5, 0.6) is 0 Å². The summed E-state index contributed by atoms with van der Waals surface area (Å²) in [5, 5.41) is 7.43.